The second-order valence-electron chi connectivity index (χ2n) is 14.2. The lowest BCUT2D eigenvalue weighted by atomic mass is 9.86. The first-order chi connectivity index (χ1) is 22.8. The predicted octanol–water partition coefficient (Wildman–Crippen LogP) is 8.98. The maximum atomic E-state index is 13.3. The summed E-state index contributed by atoms with van der Waals surface area (Å²) >= 11 is 0. The molecule has 0 saturated heterocycles. The van der Waals surface area contributed by atoms with E-state index in [4.69, 9.17) is 19.9 Å². The summed E-state index contributed by atoms with van der Waals surface area (Å²) in [6.07, 6.45) is 0. The van der Waals surface area contributed by atoms with Gasteiger partial charge in [0, 0.05) is 21.9 Å². The van der Waals surface area contributed by atoms with E-state index in [1.807, 2.05) is 84.9 Å². The third-order valence-electron chi connectivity index (χ3n) is 8.61. The van der Waals surface area contributed by atoms with Gasteiger partial charge in [-0.1, -0.05) is 77.9 Å². The Kier molecular flexibility index (Phi) is 7.39. The summed E-state index contributed by atoms with van der Waals surface area (Å²) in [6.45, 7) is 12.8. The number of nitrogens with one attached hydrogen (secondary N) is 2. The minimum absolute atomic E-state index is 0.0187. The van der Waals surface area contributed by atoms with E-state index < -0.39 is 0 Å². The van der Waals surface area contributed by atoms with Crippen molar-refractivity contribution in [1.82, 2.24) is 19.9 Å². The average molecular weight is 633 g/mol. The molecule has 0 bridgehead atoms. The summed E-state index contributed by atoms with van der Waals surface area (Å²) in [5.74, 6) is 0.210. The van der Waals surface area contributed by atoms with E-state index in [0.717, 1.165) is 32.9 Å². The fourth-order valence-electron chi connectivity index (χ4n) is 5.80. The molecule has 3 aromatic heterocycles. The average Bonchev–Trinajstić information content (AvgIpc) is 3.07. The lowest BCUT2D eigenvalue weighted by molar-refractivity contribution is 0.101. The van der Waals surface area contributed by atoms with Crippen LogP contribution in [0.25, 0.3) is 43.9 Å². The number of para-hydroxylation sites is 2. The van der Waals surface area contributed by atoms with Gasteiger partial charge in [-0.3, -0.25) is 9.59 Å². The number of anilines is 2. The van der Waals surface area contributed by atoms with Crippen molar-refractivity contribution in [2.45, 2.75) is 52.4 Å². The van der Waals surface area contributed by atoms with Crippen molar-refractivity contribution in [2.24, 2.45) is 0 Å². The molecule has 0 fully saturated rings. The van der Waals surface area contributed by atoms with Crippen molar-refractivity contribution in [3.05, 3.63) is 119 Å². The second kappa shape index (κ2) is 11.5. The van der Waals surface area contributed by atoms with Crippen LogP contribution < -0.4 is 10.6 Å². The van der Waals surface area contributed by atoms with E-state index in [-0.39, 0.29) is 22.6 Å². The van der Waals surface area contributed by atoms with E-state index in [0.29, 0.717) is 44.8 Å². The highest BCUT2D eigenvalue weighted by Crippen LogP contribution is 2.34. The molecule has 7 aromatic rings. The Hall–Kier alpha value is -5.76. The quantitative estimate of drug-likeness (QED) is 0.148. The molecule has 0 aliphatic rings. The Morgan fingerprint density at radius 3 is 1.17 bits per heavy atom. The lowest BCUT2D eigenvalue weighted by Crippen LogP contribution is -2.15. The summed E-state index contributed by atoms with van der Waals surface area (Å²) in [7, 11) is 0. The molecule has 3 heterocycles. The van der Waals surface area contributed by atoms with E-state index in [1.165, 1.54) is 0 Å². The van der Waals surface area contributed by atoms with Crippen LogP contribution in [0.15, 0.2) is 97.1 Å². The number of rotatable bonds is 4. The zero-order valence-electron chi connectivity index (χ0n) is 27.8. The first kappa shape index (κ1) is 30.9. The number of carbonyl (C=O) groups is 2. The number of benzene rings is 4. The number of aromatic nitrogens is 4. The number of carbonyl (C=O) groups excluding carboxylic acids is 2. The molecule has 2 N–H and O–H groups in total. The molecule has 0 spiro atoms. The Labute approximate surface area is 278 Å². The van der Waals surface area contributed by atoms with Gasteiger partial charge in [0.2, 0.25) is 0 Å². The third kappa shape index (κ3) is 5.81. The van der Waals surface area contributed by atoms with Crippen LogP contribution in [0.3, 0.4) is 0 Å². The maximum absolute atomic E-state index is 13.3. The zero-order valence-corrected chi connectivity index (χ0v) is 27.8. The van der Waals surface area contributed by atoms with Gasteiger partial charge in [-0.05, 0) is 82.6 Å². The van der Waals surface area contributed by atoms with Crippen molar-refractivity contribution in [2.75, 3.05) is 10.6 Å². The normalized spacial score (nSPS) is 12.1. The Morgan fingerprint density at radius 1 is 0.458 bits per heavy atom. The van der Waals surface area contributed by atoms with E-state index >= 15 is 0 Å². The molecule has 48 heavy (non-hydrogen) atoms. The smallest absolute Gasteiger partial charge is 0.256 e. The maximum Gasteiger partial charge on any atom is 0.256 e. The van der Waals surface area contributed by atoms with Gasteiger partial charge in [-0.25, -0.2) is 19.9 Å². The van der Waals surface area contributed by atoms with Crippen molar-refractivity contribution in [1.29, 1.82) is 0 Å². The van der Waals surface area contributed by atoms with Crippen LogP contribution in [0.4, 0.5) is 11.6 Å². The predicted molar refractivity (Wildman–Crippen MR) is 194 cm³/mol. The minimum Gasteiger partial charge on any atom is -0.307 e. The molecule has 0 saturated carbocycles. The number of pyridine rings is 2. The van der Waals surface area contributed by atoms with Crippen molar-refractivity contribution < 1.29 is 9.59 Å². The molecule has 238 valence electrons. The molecular weight excluding hydrogens is 596 g/mol. The molecule has 0 aliphatic carbocycles. The Bertz CT molecular complexity index is 2220. The first-order valence-corrected chi connectivity index (χ1v) is 16.0. The number of hydrogen-bond acceptors (Lipinski definition) is 6. The van der Waals surface area contributed by atoms with E-state index in [9.17, 15) is 9.59 Å². The molecule has 0 unspecified atom stereocenters. The summed E-state index contributed by atoms with van der Waals surface area (Å²) in [5, 5.41) is 7.37. The molecule has 4 aromatic carbocycles. The summed E-state index contributed by atoms with van der Waals surface area (Å²) in [5.41, 5.74) is 7.26. The van der Waals surface area contributed by atoms with E-state index in [2.05, 4.69) is 52.2 Å². The molecule has 7 rings (SSSR count). The Morgan fingerprint density at radius 2 is 0.812 bits per heavy atom. The standard InChI is InChI=1S/C40H36N6O2/c1-39(2,3)25-15-11-23(12-16-25)37(47)45-31-21-19-27-33-34(42-30-10-8-7-9-29(30)41-33)28-20-22-32(44-36(28)35(27)43-31)46-38(48)24-13-17-26(18-14-24)40(4,5)6/h7-22H,1-6H3,(H,43,45,47)(H,44,46,48). The number of nitrogens with zero attached hydrogens (tertiary/aromatic N) is 4. The minimum atomic E-state index is -0.267. The molecule has 8 nitrogen and oxygen atoms in total. The van der Waals surface area contributed by atoms with Gasteiger partial charge in [0.15, 0.2) is 0 Å². The van der Waals surface area contributed by atoms with Gasteiger partial charge in [-0.2, -0.15) is 0 Å². The second-order valence-corrected chi connectivity index (χ2v) is 14.2. The van der Waals surface area contributed by atoms with Crippen LogP contribution >= 0.6 is 0 Å². The van der Waals surface area contributed by atoms with Crippen LogP contribution in [0.2, 0.25) is 0 Å². The van der Waals surface area contributed by atoms with Gasteiger partial charge in [0.1, 0.15) is 22.7 Å². The summed E-state index contributed by atoms with van der Waals surface area (Å²) in [6, 6.07) is 30.2. The van der Waals surface area contributed by atoms with Crippen molar-refractivity contribution in [3.63, 3.8) is 0 Å². The SMILES string of the molecule is CC(C)(C)c1ccc(C(=O)Nc2ccc3c(n2)c2nc(NC(=O)c4ccc(C(C)(C)C)cc4)ccc2c2nc4ccccc4nc32)cc1. The topological polar surface area (TPSA) is 110 Å². The summed E-state index contributed by atoms with van der Waals surface area (Å²) in [4.78, 5) is 46.3. The van der Waals surface area contributed by atoms with Crippen LogP contribution in [-0.2, 0) is 10.8 Å². The highest BCUT2D eigenvalue weighted by atomic mass is 16.2. The van der Waals surface area contributed by atoms with Gasteiger partial charge >= 0.3 is 0 Å². The highest BCUT2D eigenvalue weighted by Gasteiger charge is 2.19. The number of hydrogen-bond donors (Lipinski definition) is 2. The Balaban J connectivity index is 1.31. The zero-order chi connectivity index (χ0) is 33.8. The fourth-order valence-corrected chi connectivity index (χ4v) is 5.80. The lowest BCUT2D eigenvalue weighted by Gasteiger charge is -2.19. The largest absolute Gasteiger partial charge is 0.307 e. The monoisotopic (exact) mass is 632 g/mol. The van der Waals surface area contributed by atoms with Crippen molar-refractivity contribution in [3.8, 4) is 0 Å². The molecule has 0 radical (unpaired) electrons. The van der Waals surface area contributed by atoms with Crippen LogP contribution in [0, 0.1) is 0 Å². The number of fused-ring (bicyclic) bond motifs is 7. The van der Waals surface area contributed by atoms with Gasteiger partial charge < -0.3 is 10.6 Å². The fraction of sp³-hybridized carbons (Fsp3) is 0.200. The van der Waals surface area contributed by atoms with Gasteiger partial charge in [-0.15, -0.1) is 0 Å². The molecule has 0 aliphatic heterocycles. The van der Waals surface area contributed by atoms with E-state index in [1.54, 1.807) is 12.1 Å². The molecule has 2 amide bonds. The summed E-state index contributed by atoms with van der Waals surface area (Å²) < 4.78 is 0. The van der Waals surface area contributed by atoms with Crippen molar-refractivity contribution >= 4 is 67.3 Å². The van der Waals surface area contributed by atoms with Gasteiger partial charge in [0.25, 0.3) is 11.8 Å². The molecular formula is C40H36N6O2. The highest BCUT2D eigenvalue weighted by molar-refractivity contribution is 6.22. The molecule has 0 atom stereocenters. The number of amides is 2. The van der Waals surface area contributed by atoms with Crippen LogP contribution in [0.5, 0.6) is 0 Å². The van der Waals surface area contributed by atoms with Gasteiger partial charge in [0.05, 0.1) is 22.1 Å². The van der Waals surface area contributed by atoms with Crippen LogP contribution in [0.1, 0.15) is 73.4 Å². The first-order valence-electron chi connectivity index (χ1n) is 16.0. The molecule has 8 heteroatoms. The third-order valence-corrected chi connectivity index (χ3v) is 8.61. The van der Waals surface area contributed by atoms with Crippen LogP contribution in [-0.4, -0.2) is 31.8 Å².